The minimum Gasteiger partial charge on any atom is -0.311 e. The zero-order chi connectivity index (χ0) is 49.7. The molecule has 11 rings (SSSR count). The van der Waals surface area contributed by atoms with Crippen LogP contribution in [-0.2, 0) is 32.5 Å². The van der Waals surface area contributed by atoms with E-state index in [0.717, 1.165) is 0 Å². The van der Waals surface area contributed by atoms with E-state index in [2.05, 4.69) is 247 Å². The molecule has 70 heavy (non-hydrogen) atoms. The van der Waals surface area contributed by atoms with Crippen LogP contribution in [0.3, 0.4) is 0 Å². The molecule has 7 aromatic carbocycles. The maximum atomic E-state index is 2.72. The van der Waals surface area contributed by atoms with Crippen molar-refractivity contribution < 1.29 is 0 Å². The molecule has 3 heteroatoms. The third kappa shape index (κ3) is 7.34. The minimum atomic E-state index is -0.0806. The van der Waals surface area contributed by atoms with E-state index >= 15 is 0 Å². The van der Waals surface area contributed by atoms with Gasteiger partial charge in [0.15, 0.2) is 0 Å². The van der Waals surface area contributed by atoms with Gasteiger partial charge in [-0.3, -0.25) is 0 Å². The Morgan fingerprint density at radius 1 is 0.414 bits per heavy atom. The van der Waals surface area contributed by atoms with Crippen molar-refractivity contribution in [1.82, 2.24) is 0 Å². The van der Waals surface area contributed by atoms with Crippen molar-refractivity contribution in [2.75, 3.05) is 9.80 Å². The van der Waals surface area contributed by atoms with Gasteiger partial charge in [0.2, 0.25) is 0 Å². The number of hydrogen-bond acceptors (Lipinski definition) is 2. The Kier molecular flexibility index (Phi) is 10.4. The van der Waals surface area contributed by atoms with Crippen LogP contribution in [0.2, 0.25) is 0 Å². The van der Waals surface area contributed by atoms with E-state index in [0.29, 0.717) is 0 Å². The molecule has 0 fully saturated rings. The van der Waals surface area contributed by atoms with Crippen LogP contribution in [-0.4, -0.2) is 6.71 Å². The zero-order valence-electron chi connectivity index (χ0n) is 45.0. The molecule has 0 bridgehead atoms. The summed E-state index contributed by atoms with van der Waals surface area (Å²) >= 11 is 0. The highest BCUT2D eigenvalue weighted by molar-refractivity contribution is 7.00. The Labute approximate surface area is 421 Å². The average molecular weight is 919 g/mol. The lowest BCUT2D eigenvalue weighted by Gasteiger charge is -2.48. The van der Waals surface area contributed by atoms with Crippen LogP contribution in [0, 0.1) is 6.92 Å². The van der Waals surface area contributed by atoms with Gasteiger partial charge in [-0.15, -0.1) is 0 Å². The summed E-state index contributed by atoms with van der Waals surface area (Å²) in [4.78, 5) is 5.43. The number of rotatable bonds is 4. The summed E-state index contributed by atoms with van der Waals surface area (Å²) in [6, 6.07) is 52.9. The summed E-state index contributed by atoms with van der Waals surface area (Å²) in [6.45, 7) is 36.3. The van der Waals surface area contributed by atoms with Crippen LogP contribution >= 0.6 is 0 Å². The summed E-state index contributed by atoms with van der Waals surface area (Å²) in [5, 5.41) is 0. The van der Waals surface area contributed by atoms with Gasteiger partial charge in [0.1, 0.15) is 0 Å². The molecule has 4 aliphatic rings. The van der Waals surface area contributed by atoms with Crippen LogP contribution in [0.15, 0.2) is 133 Å². The van der Waals surface area contributed by atoms with Crippen molar-refractivity contribution in [1.29, 1.82) is 0 Å². The summed E-state index contributed by atoms with van der Waals surface area (Å²) in [7, 11) is 0. The second kappa shape index (κ2) is 15.6. The molecule has 2 aliphatic heterocycles. The first-order valence-electron chi connectivity index (χ1n) is 26.4. The molecule has 0 aromatic heterocycles. The van der Waals surface area contributed by atoms with Gasteiger partial charge in [-0.25, -0.2) is 0 Å². The quantitative estimate of drug-likeness (QED) is 0.162. The fourth-order valence-electron chi connectivity index (χ4n) is 12.9. The van der Waals surface area contributed by atoms with Gasteiger partial charge in [-0.05, 0) is 180 Å². The van der Waals surface area contributed by atoms with E-state index in [-0.39, 0.29) is 39.2 Å². The third-order valence-corrected chi connectivity index (χ3v) is 17.5. The normalized spacial score (nSPS) is 18.1. The monoisotopic (exact) mass is 919 g/mol. The second-order valence-corrected chi connectivity index (χ2v) is 26.5. The highest BCUT2D eigenvalue weighted by atomic mass is 15.2. The van der Waals surface area contributed by atoms with Gasteiger partial charge >= 0.3 is 0 Å². The third-order valence-electron chi connectivity index (χ3n) is 17.5. The second-order valence-electron chi connectivity index (χ2n) is 26.5. The van der Waals surface area contributed by atoms with Crippen molar-refractivity contribution in [2.24, 2.45) is 0 Å². The van der Waals surface area contributed by atoms with Gasteiger partial charge in [-0.2, -0.15) is 0 Å². The van der Waals surface area contributed by atoms with Gasteiger partial charge in [0, 0.05) is 39.6 Å². The number of benzene rings is 7. The Bertz CT molecular complexity index is 3180. The van der Waals surface area contributed by atoms with Gasteiger partial charge in [0.05, 0.1) is 5.69 Å². The van der Waals surface area contributed by atoms with Crippen LogP contribution in [0.25, 0.3) is 22.3 Å². The first kappa shape index (κ1) is 46.6. The largest absolute Gasteiger partial charge is 0.311 e. The van der Waals surface area contributed by atoms with E-state index in [1.165, 1.54) is 137 Å². The maximum absolute atomic E-state index is 2.72. The van der Waals surface area contributed by atoms with Crippen molar-refractivity contribution in [3.05, 3.63) is 172 Å². The van der Waals surface area contributed by atoms with Crippen molar-refractivity contribution in [2.45, 2.75) is 162 Å². The molecule has 2 heterocycles. The summed E-state index contributed by atoms with van der Waals surface area (Å²) in [5.41, 5.74) is 26.8. The van der Waals surface area contributed by atoms with E-state index < -0.39 is 0 Å². The molecule has 2 aliphatic carbocycles. The lowest BCUT2D eigenvalue weighted by molar-refractivity contribution is 0.332. The molecule has 0 unspecified atom stereocenters. The first-order chi connectivity index (χ1) is 32.9. The lowest BCUT2D eigenvalue weighted by Crippen LogP contribution is -2.62. The number of aryl methyl sites for hydroxylation is 1. The van der Waals surface area contributed by atoms with Crippen LogP contribution in [0.1, 0.15) is 162 Å². The zero-order valence-corrected chi connectivity index (χ0v) is 45.0. The molecule has 0 saturated heterocycles. The minimum absolute atomic E-state index is 0.0189. The Hall–Kier alpha value is -5.80. The van der Waals surface area contributed by atoms with E-state index in [1.807, 2.05) is 0 Å². The molecule has 0 spiro atoms. The van der Waals surface area contributed by atoms with Crippen molar-refractivity contribution in [3.63, 3.8) is 0 Å². The molecule has 0 N–H and O–H groups in total. The first-order valence-corrected chi connectivity index (χ1v) is 26.4. The fourth-order valence-corrected chi connectivity index (χ4v) is 12.9. The standard InChI is InChI=1S/C67H75BN2/c1-42-34-58-60-59(35-42)70(61-48(43-22-18-16-19-23-43)36-46(63(5,6)7)37-49(61)44-24-20-17-21-25-44)56-38-45(62(2,3)4)26-29-54(56)68(60)55-40-52-53(67(14,15)33-32-66(52,12)13)41-57(55)69(58)47-27-28-50-51(39-47)65(10,11)31-30-64(50,8)9/h16-29,34-41H,30-33H2,1-15H3. The maximum Gasteiger partial charge on any atom is 0.252 e. The molecule has 0 radical (unpaired) electrons. The van der Waals surface area contributed by atoms with Crippen LogP contribution in [0.5, 0.6) is 0 Å². The predicted octanol–water partition coefficient (Wildman–Crippen LogP) is 16.7. The SMILES string of the molecule is Cc1cc2c3c(c1)N(c1c(-c4ccccc4)cc(C(C)(C)C)cc1-c1ccccc1)c1cc(C(C)(C)C)ccc1B3c1cc3c(cc1N2c1ccc2c(c1)C(C)(C)CCC2(C)C)C(C)(C)CCC3(C)C. The Morgan fingerprint density at radius 3 is 1.41 bits per heavy atom. The van der Waals surface area contributed by atoms with Crippen molar-refractivity contribution >= 4 is 57.2 Å². The number of fused-ring (bicyclic) bond motifs is 6. The highest BCUT2D eigenvalue weighted by Crippen LogP contribution is 2.55. The summed E-state index contributed by atoms with van der Waals surface area (Å²) < 4.78 is 0. The Morgan fingerprint density at radius 2 is 0.886 bits per heavy atom. The molecule has 0 saturated carbocycles. The smallest absolute Gasteiger partial charge is 0.252 e. The number of nitrogens with zero attached hydrogens (tertiary/aromatic N) is 2. The summed E-state index contributed by atoms with van der Waals surface area (Å²) in [5.74, 6) is 0. The number of anilines is 6. The molecule has 2 nitrogen and oxygen atoms in total. The molecule has 356 valence electrons. The van der Waals surface area contributed by atoms with Gasteiger partial charge in [0.25, 0.3) is 6.71 Å². The van der Waals surface area contributed by atoms with E-state index in [9.17, 15) is 0 Å². The lowest BCUT2D eigenvalue weighted by atomic mass is 9.33. The van der Waals surface area contributed by atoms with E-state index in [1.54, 1.807) is 0 Å². The van der Waals surface area contributed by atoms with Gasteiger partial charge < -0.3 is 9.80 Å². The van der Waals surface area contributed by atoms with E-state index in [4.69, 9.17) is 0 Å². The van der Waals surface area contributed by atoms with Gasteiger partial charge in [-0.1, -0.05) is 182 Å². The summed E-state index contributed by atoms with van der Waals surface area (Å²) in [6.07, 6.45) is 4.72. The van der Waals surface area contributed by atoms with Crippen LogP contribution in [0.4, 0.5) is 34.1 Å². The van der Waals surface area contributed by atoms with Crippen molar-refractivity contribution in [3.8, 4) is 22.3 Å². The molecule has 0 amide bonds. The van der Waals surface area contributed by atoms with Crippen LogP contribution < -0.4 is 26.2 Å². The number of hydrogen-bond donors (Lipinski definition) is 0. The molecule has 7 aromatic rings. The highest BCUT2D eigenvalue weighted by Gasteiger charge is 2.48. The molecule has 0 atom stereocenters. The predicted molar refractivity (Wildman–Crippen MR) is 304 cm³/mol. The topological polar surface area (TPSA) is 6.48 Å². The Balaban J connectivity index is 1.30. The average Bonchev–Trinajstić information content (AvgIpc) is 3.31. The molecular formula is C67H75BN2. The fraction of sp³-hybridized carbons (Fsp3) is 0.373. The molecular weight excluding hydrogens is 844 g/mol.